The second-order valence-corrected chi connectivity index (χ2v) is 3.08. The Labute approximate surface area is 78.8 Å². The van der Waals surface area contributed by atoms with Crippen LogP contribution >= 0.6 is 0 Å². The van der Waals surface area contributed by atoms with E-state index in [0.717, 1.165) is 11.3 Å². The number of nitrogens with one attached hydrogen (secondary N) is 1. The van der Waals surface area contributed by atoms with Crippen molar-refractivity contribution < 1.29 is 0 Å². The third-order valence-corrected chi connectivity index (χ3v) is 2.22. The lowest BCUT2D eigenvalue weighted by molar-refractivity contribution is 1.18. The summed E-state index contributed by atoms with van der Waals surface area (Å²) >= 11 is 0. The van der Waals surface area contributed by atoms with Crippen molar-refractivity contribution in [1.82, 2.24) is 14.4 Å². The number of hydrogen-bond donors (Lipinski definition) is 1. The molecule has 0 aliphatic heterocycles. The Morgan fingerprint density at radius 1 is 1.29 bits per heavy atom. The van der Waals surface area contributed by atoms with E-state index in [-0.39, 0.29) is 5.43 Å². The number of imidazole rings is 1. The number of aromatic amines is 1. The van der Waals surface area contributed by atoms with Crippen molar-refractivity contribution in [3.05, 3.63) is 46.9 Å². The molecule has 0 atom stereocenters. The minimum absolute atomic E-state index is 0.0533. The Morgan fingerprint density at radius 2 is 2.21 bits per heavy atom. The molecule has 3 heterocycles. The SMILES string of the molecule is O=c1cc[nH]c2c1nc1ccccn12. The molecule has 0 saturated heterocycles. The van der Waals surface area contributed by atoms with Crippen LogP contribution in [0.15, 0.2) is 41.5 Å². The van der Waals surface area contributed by atoms with Crippen molar-refractivity contribution in [2.24, 2.45) is 0 Å². The van der Waals surface area contributed by atoms with Gasteiger partial charge in [0, 0.05) is 18.5 Å². The van der Waals surface area contributed by atoms with Crippen molar-refractivity contribution in [2.45, 2.75) is 0 Å². The molecule has 0 aliphatic rings. The van der Waals surface area contributed by atoms with Crippen molar-refractivity contribution in [3.63, 3.8) is 0 Å². The zero-order chi connectivity index (χ0) is 9.54. The average Bonchev–Trinajstić information content (AvgIpc) is 2.59. The van der Waals surface area contributed by atoms with Crippen LogP contribution in [0.25, 0.3) is 16.8 Å². The molecule has 0 radical (unpaired) electrons. The van der Waals surface area contributed by atoms with E-state index in [0.29, 0.717) is 5.52 Å². The maximum absolute atomic E-state index is 11.5. The van der Waals surface area contributed by atoms with Crippen molar-refractivity contribution in [1.29, 1.82) is 0 Å². The summed E-state index contributed by atoms with van der Waals surface area (Å²) in [6.45, 7) is 0. The summed E-state index contributed by atoms with van der Waals surface area (Å²) in [6.07, 6.45) is 3.51. The van der Waals surface area contributed by atoms with E-state index in [1.165, 1.54) is 6.07 Å². The normalized spacial score (nSPS) is 11.1. The van der Waals surface area contributed by atoms with Gasteiger partial charge in [-0.1, -0.05) is 6.07 Å². The Balaban J connectivity index is 2.70. The molecule has 0 aromatic carbocycles. The number of H-pyrrole nitrogens is 1. The topological polar surface area (TPSA) is 50.2 Å². The number of fused-ring (bicyclic) bond motifs is 3. The molecule has 0 saturated carbocycles. The molecule has 1 N–H and O–H groups in total. The Bertz CT molecular complexity index is 665. The molecule has 0 unspecified atom stereocenters. The van der Waals surface area contributed by atoms with Crippen LogP contribution in [0, 0.1) is 0 Å². The fourth-order valence-electron chi connectivity index (χ4n) is 1.58. The van der Waals surface area contributed by atoms with Gasteiger partial charge in [-0.15, -0.1) is 0 Å². The molecular weight excluding hydrogens is 178 g/mol. The minimum Gasteiger partial charge on any atom is -0.346 e. The van der Waals surface area contributed by atoms with Crippen LogP contribution in [-0.4, -0.2) is 14.4 Å². The van der Waals surface area contributed by atoms with Crippen LogP contribution in [0.4, 0.5) is 0 Å². The first-order valence-electron chi connectivity index (χ1n) is 4.31. The van der Waals surface area contributed by atoms with Crippen molar-refractivity contribution in [2.75, 3.05) is 0 Å². The second-order valence-electron chi connectivity index (χ2n) is 3.08. The van der Waals surface area contributed by atoms with Gasteiger partial charge in [0.15, 0.2) is 5.52 Å². The molecule has 3 rings (SSSR count). The van der Waals surface area contributed by atoms with Gasteiger partial charge in [0.2, 0.25) is 5.43 Å². The van der Waals surface area contributed by atoms with E-state index in [4.69, 9.17) is 0 Å². The highest BCUT2D eigenvalue weighted by molar-refractivity contribution is 5.75. The molecule has 3 aromatic rings. The lowest BCUT2D eigenvalue weighted by Crippen LogP contribution is -1.99. The van der Waals surface area contributed by atoms with E-state index >= 15 is 0 Å². The van der Waals surface area contributed by atoms with E-state index in [1.807, 2.05) is 28.8 Å². The summed E-state index contributed by atoms with van der Waals surface area (Å²) in [5.41, 5.74) is 1.95. The van der Waals surface area contributed by atoms with Crippen LogP contribution in [0.5, 0.6) is 0 Å². The summed E-state index contributed by atoms with van der Waals surface area (Å²) in [5.74, 6) is 0. The van der Waals surface area contributed by atoms with Gasteiger partial charge in [0.05, 0.1) is 0 Å². The molecule has 0 spiro atoms. The molecule has 0 bridgehead atoms. The molecule has 0 amide bonds. The molecule has 0 fully saturated rings. The third kappa shape index (κ3) is 0.821. The summed E-state index contributed by atoms with van der Waals surface area (Å²) in [4.78, 5) is 18.7. The largest absolute Gasteiger partial charge is 0.346 e. The average molecular weight is 185 g/mol. The highest BCUT2D eigenvalue weighted by Crippen LogP contribution is 2.09. The summed E-state index contributed by atoms with van der Waals surface area (Å²) < 4.78 is 1.86. The molecule has 14 heavy (non-hydrogen) atoms. The van der Waals surface area contributed by atoms with Crippen molar-refractivity contribution >= 4 is 16.8 Å². The van der Waals surface area contributed by atoms with Gasteiger partial charge < -0.3 is 4.98 Å². The maximum atomic E-state index is 11.5. The smallest absolute Gasteiger partial charge is 0.209 e. The molecule has 4 heteroatoms. The number of nitrogens with zero attached hydrogens (tertiary/aromatic N) is 2. The van der Waals surface area contributed by atoms with Gasteiger partial charge in [0.25, 0.3) is 0 Å². The van der Waals surface area contributed by atoms with Crippen molar-refractivity contribution in [3.8, 4) is 0 Å². The van der Waals surface area contributed by atoms with E-state index in [1.54, 1.807) is 6.20 Å². The number of rotatable bonds is 0. The standard InChI is InChI=1S/C10H7N3O/c14-7-4-5-11-10-9(7)12-8-3-1-2-6-13(8)10/h1-6H,(H,11,14). The van der Waals surface area contributed by atoms with Gasteiger partial charge in [0.1, 0.15) is 11.3 Å². The molecule has 3 aromatic heterocycles. The molecular formula is C10H7N3O. The Hall–Kier alpha value is -2.10. The Morgan fingerprint density at radius 3 is 3.14 bits per heavy atom. The fourth-order valence-corrected chi connectivity index (χ4v) is 1.58. The predicted octanol–water partition coefficient (Wildman–Crippen LogP) is 1.18. The first-order valence-corrected chi connectivity index (χ1v) is 4.31. The van der Waals surface area contributed by atoms with Crippen LogP contribution < -0.4 is 5.43 Å². The van der Waals surface area contributed by atoms with Crippen LogP contribution in [0.1, 0.15) is 0 Å². The first kappa shape index (κ1) is 7.32. The zero-order valence-electron chi connectivity index (χ0n) is 7.27. The molecule has 68 valence electrons. The van der Waals surface area contributed by atoms with Gasteiger partial charge >= 0.3 is 0 Å². The number of hydrogen-bond acceptors (Lipinski definition) is 2. The number of pyridine rings is 2. The Kier molecular flexibility index (Phi) is 1.28. The van der Waals surface area contributed by atoms with E-state index in [9.17, 15) is 4.79 Å². The maximum Gasteiger partial charge on any atom is 0.209 e. The molecule has 0 aliphatic carbocycles. The van der Waals surface area contributed by atoms with Gasteiger partial charge in [-0.2, -0.15) is 0 Å². The van der Waals surface area contributed by atoms with Crippen LogP contribution in [0.3, 0.4) is 0 Å². The lowest BCUT2D eigenvalue weighted by Gasteiger charge is -1.92. The lowest BCUT2D eigenvalue weighted by atomic mass is 10.4. The van der Waals surface area contributed by atoms with Crippen LogP contribution in [-0.2, 0) is 0 Å². The van der Waals surface area contributed by atoms with E-state index in [2.05, 4.69) is 9.97 Å². The summed E-state index contributed by atoms with van der Waals surface area (Å²) in [6, 6.07) is 7.15. The van der Waals surface area contributed by atoms with Crippen LogP contribution in [0.2, 0.25) is 0 Å². The quantitative estimate of drug-likeness (QED) is 0.571. The minimum atomic E-state index is -0.0533. The van der Waals surface area contributed by atoms with Gasteiger partial charge in [-0.05, 0) is 12.1 Å². The predicted molar refractivity (Wildman–Crippen MR) is 53.3 cm³/mol. The van der Waals surface area contributed by atoms with E-state index < -0.39 is 0 Å². The van der Waals surface area contributed by atoms with Gasteiger partial charge in [-0.25, -0.2) is 4.98 Å². The van der Waals surface area contributed by atoms with Gasteiger partial charge in [-0.3, -0.25) is 9.20 Å². The highest BCUT2D eigenvalue weighted by atomic mass is 16.1. The fraction of sp³-hybridized carbons (Fsp3) is 0. The summed E-state index contributed by atoms with van der Waals surface area (Å²) in [7, 11) is 0. The third-order valence-electron chi connectivity index (χ3n) is 2.22. The molecule has 4 nitrogen and oxygen atoms in total. The highest BCUT2D eigenvalue weighted by Gasteiger charge is 2.05. The first-order chi connectivity index (χ1) is 6.86. The monoisotopic (exact) mass is 185 g/mol. The zero-order valence-corrected chi connectivity index (χ0v) is 7.27. The number of aromatic nitrogens is 3. The second kappa shape index (κ2) is 2.45. The summed E-state index contributed by atoms with van der Waals surface area (Å²) in [5, 5.41) is 0.